The minimum absolute atomic E-state index is 0.0912. The zero-order valence-electron chi connectivity index (χ0n) is 26.0. The molecular weight excluding hydrogens is 596 g/mol. The number of rotatable bonds is 11. The molecule has 2 aliphatic heterocycles. The average molecular weight is 637 g/mol. The van der Waals surface area contributed by atoms with Crippen molar-refractivity contribution in [3.63, 3.8) is 0 Å². The number of carbonyl (C=O) groups is 4. The Kier molecular flexibility index (Phi) is 9.86. The van der Waals surface area contributed by atoms with Crippen LogP contribution in [0.5, 0.6) is 0 Å². The topological polar surface area (TPSA) is 185 Å². The number of H-pyrrole nitrogens is 2. The van der Waals surface area contributed by atoms with Crippen LogP contribution in [0.25, 0.3) is 17.9 Å². The van der Waals surface area contributed by atoms with E-state index < -0.39 is 18.0 Å². The first kappa shape index (κ1) is 33.4. The highest BCUT2D eigenvalue weighted by atomic mass is 32.1. The van der Waals surface area contributed by atoms with E-state index in [9.17, 15) is 34.5 Å². The summed E-state index contributed by atoms with van der Waals surface area (Å²) in [4.78, 5) is 54.6. The van der Waals surface area contributed by atoms with Crippen molar-refractivity contribution in [2.45, 2.75) is 71.6 Å². The Morgan fingerprint density at radius 1 is 0.956 bits per heavy atom. The molecule has 12 heteroatoms. The quantitative estimate of drug-likeness (QED) is 0.174. The number of carboxylic acid groups (broad SMARTS) is 2. The summed E-state index contributed by atoms with van der Waals surface area (Å²) in [7, 11) is 0. The van der Waals surface area contributed by atoms with E-state index in [-0.39, 0.29) is 60.3 Å². The van der Waals surface area contributed by atoms with Gasteiger partial charge in [0.05, 0.1) is 5.35 Å². The SMILES string of the molecule is C=CC1=C(C)[C@@H](/C(O)=c2\[nH]/c(=C\c3[nH]c(/C=C4\NC(=O)[C@H](C)[C@H]4C(C)S)c(C)c3CCC(=O)O)c(CCC(=O)O)c2C)NC1=O. The molecule has 1 fully saturated rings. The number of carboxylic acids is 2. The molecule has 240 valence electrons. The second-order valence-electron chi connectivity index (χ2n) is 11.7. The first-order valence-corrected chi connectivity index (χ1v) is 15.3. The van der Waals surface area contributed by atoms with Gasteiger partial charge in [0.2, 0.25) is 5.91 Å². The molecule has 0 spiro atoms. The number of aliphatic carboxylic acids is 2. The van der Waals surface area contributed by atoms with Crippen LogP contribution in [0.15, 0.2) is 29.5 Å². The third kappa shape index (κ3) is 6.65. The Morgan fingerprint density at radius 2 is 1.58 bits per heavy atom. The number of nitrogens with one attached hydrogen (secondary N) is 4. The highest BCUT2D eigenvalue weighted by Crippen LogP contribution is 2.34. The lowest BCUT2D eigenvalue weighted by molar-refractivity contribution is -0.138. The fourth-order valence-corrected chi connectivity index (χ4v) is 6.71. The highest BCUT2D eigenvalue weighted by molar-refractivity contribution is 7.80. The third-order valence-electron chi connectivity index (χ3n) is 8.84. The van der Waals surface area contributed by atoms with E-state index in [2.05, 4.69) is 39.8 Å². The number of hydrogen-bond acceptors (Lipinski definition) is 6. The molecule has 0 saturated carbocycles. The first-order chi connectivity index (χ1) is 21.2. The second-order valence-corrected chi connectivity index (χ2v) is 12.6. The minimum Gasteiger partial charge on any atom is -0.508 e. The van der Waals surface area contributed by atoms with Crippen LogP contribution in [0.1, 0.15) is 67.3 Å². The number of aromatic amines is 2. The maximum absolute atomic E-state index is 12.5. The summed E-state index contributed by atoms with van der Waals surface area (Å²) in [6, 6.07) is -0.786. The average Bonchev–Trinajstić information content (AvgIpc) is 3.62. The van der Waals surface area contributed by atoms with Crippen molar-refractivity contribution in [3.05, 3.63) is 73.8 Å². The van der Waals surface area contributed by atoms with Crippen LogP contribution in [0, 0.1) is 25.7 Å². The van der Waals surface area contributed by atoms with Crippen molar-refractivity contribution >= 4 is 54.3 Å². The molecule has 0 bridgehead atoms. The first-order valence-electron chi connectivity index (χ1n) is 14.8. The summed E-state index contributed by atoms with van der Waals surface area (Å²) in [5, 5.41) is 36.8. The number of carbonyl (C=O) groups excluding carboxylic acids is 2. The number of allylic oxidation sites excluding steroid dienone is 1. The molecule has 0 aliphatic carbocycles. The summed E-state index contributed by atoms with van der Waals surface area (Å²) >= 11 is 4.61. The van der Waals surface area contributed by atoms with Gasteiger partial charge in [0, 0.05) is 57.9 Å². The van der Waals surface area contributed by atoms with Crippen molar-refractivity contribution in [2.75, 3.05) is 0 Å². The molecule has 2 amide bonds. The summed E-state index contributed by atoms with van der Waals surface area (Å²) in [5.74, 6) is -2.90. The van der Waals surface area contributed by atoms with Crippen LogP contribution in [0.2, 0.25) is 0 Å². The number of hydrogen-bond donors (Lipinski definition) is 8. The fourth-order valence-electron chi connectivity index (χ4n) is 6.30. The largest absolute Gasteiger partial charge is 0.508 e. The lowest BCUT2D eigenvalue weighted by Crippen LogP contribution is -2.33. The number of thiol groups is 1. The van der Waals surface area contributed by atoms with Gasteiger partial charge in [0.15, 0.2) is 0 Å². The van der Waals surface area contributed by atoms with Crippen LogP contribution in [0.4, 0.5) is 0 Å². The Morgan fingerprint density at radius 3 is 2.13 bits per heavy atom. The van der Waals surface area contributed by atoms with E-state index in [1.165, 1.54) is 6.08 Å². The smallest absolute Gasteiger partial charge is 0.303 e. The van der Waals surface area contributed by atoms with Crippen molar-refractivity contribution in [1.29, 1.82) is 0 Å². The zero-order valence-corrected chi connectivity index (χ0v) is 26.9. The van der Waals surface area contributed by atoms with Crippen molar-refractivity contribution in [2.24, 2.45) is 11.8 Å². The fraction of sp³-hybridized carbons (Fsp3) is 0.394. The van der Waals surface area contributed by atoms with Gasteiger partial charge in [-0.2, -0.15) is 12.6 Å². The van der Waals surface area contributed by atoms with E-state index in [1.54, 1.807) is 19.9 Å². The number of aliphatic hydroxyl groups is 1. The molecule has 45 heavy (non-hydrogen) atoms. The molecule has 1 unspecified atom stereocenters. The molecule has 1 saturated heterocycles. The van der Waals surface area contributed by atoms with Gasteiger partial charge >= 0.3 is 11.9 Å². The van der Waals surface area contributed by atoms with Crippen molar-refractivity contribution in [1.82, 2.24) is 20.6 Å². The van der Waals surface area contributed by atoms with E-state index in [0.717, 1.165) is 16.8 Å². The Balaban J connectivity index is 1.93. The summed E-state index contributed by atoms with van der Waals surface area (Å²) in [6.07, 6.45) is 5.19. The van der Waals surface area contributed by atoms with E-state index in [4.69, 9.17) is 0 Å². The molecule has 4 rings (SSSR count). The number of amides is 2. The highest BCUT2D eigenvalue weighted by Gasteiger charge is 2.38. The Labute approximate surface area is 266 Å². The van der Waals surface area contributed by atoms with E-state index in [1.807, 2.05) is 26.8 Å². The summed E-state index contributed by atoms with van der Waals surface area (Å²) in [5.41, 5.74) is 5.85. The lowest BCUT2D eigenvalue weighted by atomic mass is 9.91. The van der Waals surface area contributed by atoms with Crippen molar-refractivity contribution in [3.8, 4) is 0 Å². The van der Waals surface area contributed by atoms with Gasteiger partial charge in [-0.1, -0.05) is 26.5 Å². The van der Waals surface area contributed by atoms with Gasteiger partial charge < -0.3 is 35.9 Å². The predicted molar refractivity (Wildman–Crippen MR) is 174 cm³/mol. The molecule has 0 radical (unpaired) electrons. The zero-order chi connectivity index (χ0) is 33.3. The Hall–Kier alpha value is -4.45. The van der Waals surface area contributed by atoms with E-state index >= 15 is 0 Å². The number of aromatic nitrogens is 2. The van der Waals surface area contributed by atoms with E-state index in [0.29, 0.717) is 44.4 Å². The van der Waals surface area contributed by atoms with Crippen LogP contribution >= 0.6 is 12.6 Å². The Bertz CT molecular complexity index is 1780. The number of aliphatic hydroxyl groups excluding tert-OH is 1. The monoisotopic (exact) mass is 636 g/mol. The second kappa shape index (κ2) is 13.3. The molecule has 0 aromatic carbocycles. The van der Waals surface area contributed by atoms with Crippen LogP contribution in [-0.2, 0) is 32.0 Å². The molecule has 2 aromatic heterocycles. The van der Waals surface area contributed by atoms with Gasteiger partial charge in [-0.25, -0.2) is 0 Å². The molecule has 4 atom stereocenters. The molecule has 7 N–H and O–H groups in total. The van der Waals surface area contributed by atoms with Gasteiger partial charge in [0.1, 0.15) is 11.8 Å². The van der Waals surface area contributed by atoms with Crippen LogP contribution < -0.4 is 21.3 Å². The maximum atomic E-state index is 12.5. The van der Waals surface area contributed by atoms with Crippen LogP contribution in [0.3, 0.4) is 0 Å². The molecule has 2 aromatic rings. The van der Waals surface area contributed by atoms with Gasteiger partial charge in [-0.3, -0.25) is 19.2 Å². The lowest BCUT2D eigenvalue weighted by Gasteiger charge is -2.17. The summed E-state index contributed by atoms with van der Waals surface area (Å²) in [6.45, 7) is 12.8. The predicted octanol–water partition coefficient (Wildman–Crippen LogP) is 2.53. The molecular formula is C33H40N4O7S. The van der Waals surface area contributed by atoms with Crippen LogP contribution in [-0.4, -0.2) is 60.3 Å². The maximum Gasteiger partial charge on any atom is 0.303 e. The van der Waals surface area contributed by atoms with Gasteiger partial charge in [0.25, 0.3) is 5.91 Å². The van der Waals surface area contributed by atoms with Gasteiger partial charge in [-0.15, -0.1) is 0 Å². The standard InChI is InChI=1S/C33H40N4O7S/c1-7-19-15(3)30(37-33(19)44)31(42)29-16(4)21(9-11-27(40)41)24(35-29)13-23-20(8-10-26(38)39)14(2)22(34-23)12-25-28(18(6)45)17(5)32(43)36-25/h7,12-13,17-18,28,30,34-35,42,45H,1,8-11H2,2-6H3,(H,36,43)(H,37,44)(H,38,39)(H,40,41)/b24-13-,25-12-,31-29+/t17-,18?,28+,30+/m1/s1. The molecule has 4 heterocycles. The van der Waals surface area contributed by atoms with Crippen molar-refractivity contribution < 1.29 is 34.5 Å². The van der Waals surface area contributed by atoms with Gasteiger partial charge in [-0.05, 0) is 73.6 Å². The third-order valence-corrected chi connectivity index (χ3v) is 9.16. The normalized spacial score (nSPS) is 22.6. The summed E-state index contributed by atoms with van der Waals surface area (Å²) < 4.78 is 0. The minimum atomic E-state index is -0.985. The molecule has 11 nitrogen and oxygen atoms in total. The molecule has 2 aliphatic rings.